The Hall–Kier alpha value is 2.45. The monoisotopic (exact) mass is 255 g/mol. The van der Waals surface area contributed by atoms with Crippen molar-refractivity contribution in [1.82, 2.24) is 0 Å². The highest BCUT2D eigenvalue weighted by Gasteiger charge is 1.60. The van der Waals surface area contributed by atoms with Crippen molar-refractivity contribution in [3.8, 4) is 0 Å². The van der Waals surface area contributed by atoms with Crippen molar-refractivity contribution < 1.29 is 0 Å². The molecule has 0 bridgehead atoms. The molecule has 2 atom stereocenters. The molecular formula is H4IP4-. The summed E-state index contributed by atoms with van der Waals surface area (Å²) in [6, 6.07) is 0. The third-order valence-electron chi connectivity index (χ3n) is 0.0873. The van der Waals surface area contributed by atoms with Crippen molar-refractivity contribution in [3.05, 3.63) is 0 Å². The van der Waals surface area contributed by atoms with Gasteiger partial charge in [0.05, 0.1) is 0 Å². The van der Waals surface area contributed by atoms with Crippen molar-refractivity contribution >= 4 is 52.8 Å². The standard InChI is InChI=1S/H4IP4/c1-4-5(2)3/h2-3H2/q-1. The third-order valence-corrected chi connectivity index (χ3v) is 15.8. The molecule has 0 spiro atoms. The molecule has 0 aliphatic rings. The Morgan fingerprint density at radius 1 is 1.60 bits per heavy atom. The lowest BCUT2D eigenvalue weighted by Gasteiger charge is -2.11. The first-order chi connectivity index (χ1) is 2.27. The van der Waals surface area contributed by atoms with E-state index in [0.29, 0.717) is 0 Å². The van der Waals surface area contributed by atoms with Gasteiger partial charge in [0.15, 0.2) is 0 Å². The molecule has 0 aromatic rings. The fraction of sp³-hybridized carbons (Fsp3) is 0. The molecule has 0 radical (unpaired) electrons. The fourth-order valence-corrected chi connectivity index (χ4v) is 0. The SMILES string of the molecule is PP(P)[P-]I. The maximum Gasteiger partial charge on any atom is -0.137 e. The molecule has 0 amide bonds. The minimum atomic E-state index is 0.194. The molecule has 0 heterocycles. The highest BCUT2D eigenvalue weighted by Crippen LogP contribution is 2.71. The van der Waals surface area contributed by atoms with E-state index in [2.05, 4.69) is 39.9 Å². The van der Waals surface area contributed by atoms with Gasteiger partial charge in [-0.05, 0) is 0 Å². The van der Waals surface area contributed by atoms with Crippen LogP contribution in [0.15, 0.2) is 0 Å². The van der Waals surface area contributed by atoms with Crippen LogP contribution in [0.1, 0.15) is 0 Å². The Morgan fingerprint density at radius 2 is 1.80 bits per heavy atom. The highest BCUT2D eigenvalue weighted by atomic mass is 127. The van der Waals surface area contributed by atoms with E-state index in [1.54, 1.807) is 0 Å². The smallest absolute Gasteiger partial charge is 0.137 e. The first-order valence-corrected chi connectivity index (χ1v) is 9.85. The van der Waals surface area contributed by atoms with Crippen molar-refractivity contribution in [2.24, 2.45) is 0 Å². The number of hydrogen-bond acceptors (Lipinski definition) is 0. The van der Waals surface area contributed by atoms with Crippen molar-refractivity contribution in [3.63, 3.8) is 0 Å². The zero-order chi connectivity index (χ0) is 4.28. The Morgan fingerprint density at radius 3 is 1.80 bits per heavy atom. The summed E-state index contributed by atoms with van der Waals surface area (Å²) in [6.45, 7) is 0.194. The summed E-state index contributed by atoms with van der Waals surface area (Å²) in [4.78, 5) is 0. The predicted molar refractivity (Wildman–Crippen MR) is 47.3 cm³/mol. The molecule has 0 saturated carbocycles. The largest absolute Gasteiger partial charge is 0.424 e. The summed E-state index contributed by atoms with van der Waals surface area (Å²) in [7, 11) is 5.48. The van der Waals surface area contributed by atoms with Crippen molar-refractivity contribution in [2.75, 3.05) is 0 Å². The van der Waals surface area contributed by atoms with E-state index in [9.17, 15) is 0 Å². The normalized spacial score (nSPS) is 12.0. The number of halogens is 1. The van der Waals surface area contributed by atoms with Crippen LogP contribution in [0.5, 0.6) is 0 Å². The van der Waals surface area contributed by atoms with E-state index >= 15 is 0 Å². The zero-order valence-corrected chi connectivity index (χ0v) is 8.68. The molecule has 5 heteroatoms. The van der Waals surface area contributed by atoms with Crippen molar-refractivity contribution in [2.45, 2.75) is 0 Å². The average Bonchev–Trinajstić information content (AvgIpc) is 1.38. The van der Waals surface area contributed by atoms with Crippen LogP contribution in [0.3, 0.4) is 0 Å². The molecule has 0 nitrogen and oxygen atoms in total. The molecule has 5 heavy (non-hydrogen) atoms. The van der Waals surface area contributed by atoms with E-state index in [0.717, 1.165) is 0 Å². The van der Waals surface area contributed by atoms with Gasteiger partial charge < -0.3 is 28.0 Å². The van der Waals surface area contributed by atoms with Gasteiger partial charge in [0.25, 0.3) is 0 Å². The summed E-state index contributed by atoms with van der Waals surface area (Å²) in [6.07, 6.45) is 0. The summed E-state index contributed by atoms with van der Waals surface area (Å²) >= 11 is 2.34. The fourth-order valence-electron chi connectivity index (χ4n) is 0. The zero-order valence-electron chi connectivity index (χ0n) is 2.43. The average molecular weight is 255 g/mol. The molecule has 0 fully saturated rings. The Labute approximate surface area is 52.7 Å². The maximum absolute atomic E-state index is 2.74. The Bertz CT molecular complexity index is 17.6. The van der Waals surface area contributed by atoms with Gasteiger partial charge in [0.2, 0.25) is 0 Å². The second-order valence-electron chi connectivity index (χ2n) is 0.456. The maximum atomic E-state index is 2.74. The Kier molecular flexibility index (Phi) is 6.86. The molecule has 0 aromatic heterocycles. The summed E-state index contributed by atoms with van der Waals surface area (Å²) < 4.78 is 0. The van der Waals surface area contributed by atoms with Crippen LogP contribution in [0, 0.1) is 0 Å². The van der Waals surface area contributed by atoms with Crippen LogP contribution in [0.25, 0.3) is 0 Å². The molecule has 0 aromatic carbocycles. The molecule has 2 unspecified atom stereocenters. The number of rotatable bonds is 1. The Balaban J connectivity index is 2.54. The van der Waals surface area contributed by atoms with Crippen LogP contribution in [-0.2, 0) is 0 Å². The minimum Gasteiger partial charge on any atom is -0.424 e. The van der Waals surface area contributed by atoms with E-state index in [4.69, 9.17) is 0 Å². The second-order valence-corrected chi connectivity index (χ2v) is 14.8. The molecule has 0 N–H and O–H groups in total. The van der Waals surface area contributed by atoms with Crippen LogP contribution in [0.4, 0.5) is 0 Å². The van der Waals surface area contributed by atoms with Crippen LogP contribution in [0.2, 0.25) is 0 Å². The van der Waals surface area contributed by atoms with Gasteiger partial charge in [-0.25, -0.2) is 6.99 Å². The van der Waals surface area contributed by atoms with Crippen LogP contribution >= 0.6 is 52.8 Å². The first kappa shape index (κ1) is 7.45. The van der Waals surface area contributed by atoms with E-state index < -0.39 is 0 Å². The van der Waals surface area contributed by atoms with E-state index in [-0.39, 0.29) is 6.99 Å². The molecule has 0 saturated heterocycles. The molecule has 0 aliphatic heterocycles. The van der Waals surface area contributed by atoms with Gasteiger partial charge in [0.1, 0.15) is 0 Å². The van der Waals surface area contributed by atoms with Gasteiger partial charge in [0, 0.05) is 0 Å². The summed E-state index contributed by atoms with van der Waals surface area (Å²) in [5.41, 5.74) is 0. The third kappa shape index (κ3) is 6.45. The van der Waals surface area contributed by atoms with Gasteiger partial charge in [-0.15, -0.1) is 17.9 Å². The summed E-state index contributed by atoms with van der Waals surface area (Å²) in [5.74, 6) is 1.46. The molecule has 32 valence electrons. The highest BCUT2D eigenvalue weighted by molar-refractivity contribution is 14.2. The second kappa shape index (κ2) is 4.61. The molecule has 0 aliphatic carbocycles. The molecular weight excluding hydrogens is 251 g/mol. The lowest BCUT2D eigenvalue weighted by Crippen LogP contribution is -0.984. The van der Waals surface area contributed by atoms with Gasteiger partial charge in [-0.1, -0.05) is 0 Å². The lowest BCUT2D eigenvalue weighted by atomic mass is 29.2. The van der Waals surface area contributed by atoms with Crippen molar-refractivity contribution in [1.29, 1.82) is 0 Å². The van der Waals surface area contributed by atoms with Gasteiger partial charge in [-0.3, -0.25) is 0 Å². The topological polar surface area (TPSA) is 0 Å². The van der Waals surface area contributed by atoms with E-state index in [1.165, 1.54) is 5.91 Å². The van der Waals surface area contributed by atoms with E-state index in [1.807, 2.05) is 0 Å². The predicted octanol–water partition coefficient (Wildman–Crippen LogP) is 3.26. The first-order valence-electron chi connectivity index (χ1n) is 0.885. The van der Waals surface area contributed by atoms with Crippen LogP contribution < -0.4 is 0 Å². The number of hydrogen-bond donors (Lipinski definition) is 0. The van der Waals surface area contributed by atoms with Gasteiger partial charge >= 0.3 is 0 Å². The molecule has 0 rings (SSSR count). The summed E-state index contributed by atoms with van der Waals surface area (Å²) in [5, 5.41) is 0. The van der Waals surface area contributed by atoms with Gasteiger partial charge in [-0.2, -0.15) is 0 Å². The quantitative estimate of drug-likeness (QED) is 0.498. The van der Waals surface area contributed by atoms with Crippen LogP contribution in [-0.4, -0.2) is 0 Å². The lowest BCUT2D eigenvalue weighted by molar-refractivity contribution is 5.17. The minimum absolute atomic E-state index is 0.194.